The molecule has 1 heterocycles. The first-order valence-electron chi connectivity index (χ1n) is 8.88. The molecule has 5 nitrogen and oxygen atoms in total. The van der Waals surface area contributed by atoms with Gasteiger partial charge >= 0.3 is 0 Å². The highest BCUT2D eigenvalue weighted by atomic mass is 32.2. The number of aliphatic imine (C=N–C) groups is 1. The van der Waals surface area contributed by atoms with Crippen molar-refractivity contribution in [3.05, 3.63) is 54.0 Å². The summed E-state index contributed by atoms with van der Waals surface area (Å²) >= 11 is 1.80. The van der Waals surface area contributed by atoms with Gasteiger partial charge in [-0.15, -0.1) is 0 Å². The molecule has 2 rings (SSSR count). The van der Waals surface area contributed by atoms with E-state index in [-0.39, 0.29) is 10.6 Å². The van der Waals surface area contributed by atoms with E-state index in [1.807, 2.05) is 19.1 Å². The molecule has 0 radical (unpaired) electrons. The summed E-state index contributed by atoms with van der Waals surface area (Å²) in [4.78, 5) is 8.90. The van der Waals surface area contributed by atoms with Crippen LogP contribution in [0.4, 0.5) is 4.39 Å². The molecule has 0 unspecified atom stereocenters. The number of hydrogen-bond donors (Lipinski definition) is 2. The van der Waals surface area contributed by atoms with E-state index in [0.29, 0.717) is 18.2 Å². The molecule has 0 aliphatic heterocycles. The number of guanidine groups is 1. The molecule has 1 aromatic carbocycles. The number of ether oxygens (including phenoxy) is 1. The van der Waals surface area contributed by atoms with Gasteiger partial charge in [-0.2, -0.15) is 11.8 Å². The second kappa shape index (κ2) is 10.2. The number of nitrogens with zero attached hydrogens (tertiary/aromatic N) is 2. The summed E-state index contributed by atoms with van der Waals surface area (Å²) in [5.74, 6) is 1.22. The van der Waals surface area contributed by atoms with Crippen LogP contribution in [0.1, 0.15) is 26.3 Å². The quantitative estimate of drug-likeness (QED) is 0.522. The smallest absolute Gasteiger partial charge is 0.224 e. The van der Waals surface area contributed by atoms with Crippen molar-refractivity contribution < 1.29 is 9.13 Å². The summed E-state index contributed by atoms with van der Waals surface area (Å²) in [5, 5.41) is 6.61. The summed E-state index contributed by atoms with van der Waals surface area (Å²) in [6.45, 7) is 8.35. The second-order valence-corrected chi connectivity index (χ2v) is 8.05. The number of thioether (sulfide) groups is 1. The summed E-state index contributed by atoms with van der Waals surface area (Å²) in [7, 11) is 0. The average molecular weight is 391 g/mol. The zero-order valence-corrected chi connectivity index (χ0v) is 17.1. The Morgan fingerprint density at radius 1 is 1.26 bits per heavy atom. The monoisotopic (exact) mass is 390 g/mol. The fraction of sp³-hybridized carbons (Fsp3) is 0.400. The molecule has 1 aromatic heterocycles. The lowest BCUT2D eigenvalue weighted by molar-refractivity contribution is 0.452. The van der Waals surface area contributed by atoms with Crippen LogP contribution in [0.2, 0.25) is 0 Å². The Morgan fingerprint density at radius 2 is 2.07 bits per heavy atom. The molecule has 0 spiro atoms. The summed E-state index contributed by atoms with van der Waals surface area (Å²) in [6, 6.07) is 9.74. The predicted molar refractivity (Wildman–Crippen MR) is 111 cm³/mol. The highest BCUT2D eigenvalue weighted by molar-refractivity contribution is 7.99. The Bertz CT molecular complexity index is 767. The lowest BCUT2D eigenvalue weighted by Gasteiger charge is -2.23. The van der Waals surface area contributed by atoms with E-state index in [2.05, 4.69) is 40.7 Å². The van der Waals surface area contributed by atoms with E-state index < -0.39 is 0 Å². The van der Waals surface area contributed by atoms with Crippen LogP contribution in [-0.2, 0) is 6.54 Å². The first-order chi connectivity index (χ1) is 12.9. The molecule has 146 valence electrons. The summed E-state index contributed by atoms with van der Waals surface area (Å²) in [5.41, 5.74) is 0.822. The molecule has 0 atom stereocenters. The summed E-state index contributed by atoms with van der Waals surface area (Å²) in [6.07, 6.45) is 3.74. The fourth-order valence-electron chi connectivity index (χ4n) is 2.15. The van der Waals surface area contributed by atoms with Crippen molar-refractivity contribution in [2.75, 3.05) is 19.3 Å². The van der Waals surface area contributed by atoms with Gasteiger partial charge < -0.3 is 15.4 Å². The van der Waals surface area contributed by atoms with Crippen LogP contribution in [0.25, 0.3) is 0 Å². The van der Waals surface area contributed by atoms with Crippen LogP contribution >= 0.6 is 11.8 Å². The first-order valence-corrected chi connectivity index (χ1v) is 10.1. The second-order valence-electron chi connectivity index (χ2n) is 6.54. The van der Waals surface area contributed by atoms with Crippen LogP contribution in [0.5, 0.6) is 11.6 Å². The number of rotatable bonds is 8. The maximum atomic E-state index is 13.4. The molecule has 0 bridgehead atoms. The molecule has 27 heavy (non-hydrogen) atoms. The third kappa shape index (κ3) is 7.09. The topological polar surface area (TPSA) is 58.5 Å². The number of benzene rings is 1. The van der Waals surface area contributed by atoms with Crippen LogP contribution in [0.15, 0.2) is 47.6 Å². The molecule has 0 saturated carbocycles. The van der Waals surface area contributed by atoms with Gasteiger partial charge in [-0.1, -0.05) is 12.1 Å². The number of hydrogen-bond acceptors (Lipinski definition) is 4. The normalized spacial score (nSPS) is 12.0. The van der Waals surface area contributed by atoms with Crippen molar-refractivity contribution in [1.29, 1.82) is 0 Å². The number of pyridine rings is 1. The van der Waals surface area contributed by atoms with E-state index in [1.54, 1.807) is 30.1 Å². The zero-order valence-electron chi connectivity index (χ0n) is 16.3. The Kier molecular flexibility index (Phi) is 7.91. The van der Waals surface area contributed by atoms with Crippen LogP contribution in [-0.4, -0.2) is 35.0 Å². The molecule has 0 saturated heterocycles. The van der Waals surface area contributed by atoms with Gasteiger partial charge in [-0.05, 0) is 45.2 Å². The SMILES string of the molecule is CCNC(=NCc1cccnc1Oc1cccc(F)c1)NCC(C)(C)SC. The van der Waals surface area contributed by atoms with Crippen LogP contribution < -0.4 is 15.4 Å². The van der Waals surface area contributed by atoms with Gasteiger partial charge in [0, 0.05) is 35.7 Å². The van der Waals surface area contributed by atoms with E-state index in [4.69, 9.17) is 4.74 Å². The van der Waals surface area contributed by atoms with E-state index in [0.717, 1.165) is 24.6 Å². The van der Waals surface area contributed by atoms with Gasteiger partial charge in [0.15, 0.2) is 5.96 Å². The molecule has 7 heteroatoms. The fourth-order valence-corrected chi connectivity index (χ4v) is 2.37. The van der Waals surface area contributed by atoms with Crippen molar-refractivity contribution in [2.45, 2.75) is 32.1 Å². The molecule has 2 N–H and O–H groups in total. The molecule has 2 aromatic rings. The lowest BCUT2D eigenvalue weighted by atomic mass is 10.2. The number of halogens is 1. The minimum absolute atomic E-state index is 0.107. The highest BCUT2D eigenvalue weighted by Gasteiger charge is 2.16. The molecular formula is C20H27FN4OS. The van der Waals surface area contributed by atoms with E-state index in [9.17, 15) is 4.39 Å². The number of nitrogens with one attached hydrogen (secondary N) is 2. The molecule has 0 amide bonds. The first kappa shape index (κ1) is 21.0. The number of aromatic nitrogens is 1. The van der Waals surface area contributed by atoms with Gasteiger partial charge in [0.2, 0.25) is 5.88 Å². The molecule has 0 fully saturated rings. The minimum atomic E-state index is -0.349. The lowest BCUT2D eigenvalue weighted by Crippen LogP contribution is -2.43. The molecule has 0 aliphatic rings. The molecule has 0 aliphatic carbocycles. The van der Waals surface area contributed by atoms with Crippen molar-refractivity contribution >= 4 is 17.7 Å². The Balaban J connectivity index is 2.11. The van der Waals surface area contributed by atoms with Gasteiger partial charge in [-0.3, -0.25) is 0 Å². The minimum Gasteiger partial charge on any atom is -0.439 e. The highest BCUT2D eigenvalue weighted by Crippen LogP contribution is 2.24. The van der Waals surface area contributed by atoms with Crippen LogP contribution in [0, 0.1) is 5.82 Å². The maximum absolute atomic E-state index is 13.4. The molecular weight excluding hydrogens is 363 g/mol. The average Bonchev–Trinajstić information content (AvgIpc) is 2.65. The van der Waals surface area contributed by atoms with Crippen molar-refractivity contribution in [1.82, 2.24) is 15.6 Å². The third-order valence-corrected chi connectivity index (χ3v) is 5.10. The van der Waals surface area contributed by atoms with Crippen molar-refractivity contribution in [3.8, 4) is 11.6 Å². The van der Waals surface area contributed by atoms with Gasteiger partial charge in [-0.25, -0.2) is 14.4 Å². The Morgan fingerprint density at radius 3 is 2.78 bits per heavy atom. The zero-order chi connectivity index (χ0) is 19.7. The largest absolute Gasteiger partial charge is 0.439 e. The Labute approximate surface area is 164 Å². The van der Waals surface area contributed by atoms with Crippen molar-refractivity contribution in [2.24, 2.45) is 4.99 Å². The summed E-state index contributed by atoms with van der Waals surface area (Å²) < 4.78 is 19.2. The maximum Gasteiger partial charge on any atom is 0.224 e. The van der Waals surface area contributed by atoms with Gasteiger partial charge in [0.25, 0.3) is 0 Å². The van der Waals surface area contributed by atoms with Crippen molar-refractivity contribution in [3.63, 3.8) is 0 Å². The standard InChI is InChI=1S/C20H27FN4OS/c1-5-22-19(25-14-20(2,3)27-4)24-13-15-8-7-11-23-18(15)26-17-10-6-9-16(21)12-17/h6-12H,5,13-14H2,1-4H3,(H2,22,24,25). The predicted octanol–water partition coefficient (Wildman–Crippen LogP) is 4.21. The van der Waals surface area contributed by atoms with Gasteiger partial charge in [0.1, 0.15) is 11.6 Å². The van der Waals surface area contributed by atoms with E-state index in [1.165, 1.54) is 12.1 Å². The van der Waals surface area contributed by atoms with Crippen LogP contribution in [0.3, 0.4) is 0 Å². The Hall–Kier alpha value is -2.28. The van der Waals surface area contributed by atoms with E-state index >= 15 is 0 Å². The van der Waals surface area contributed by atoms with Gasteiger partial charge in [0.05, 0.1) is 6.54 Å². The third-order valence-electron chi connectivity index (χ3n) is 3.85.